The van der Waals surface area contributed by atoms with Gasteiger partial charge in [0.15, 0.2) is 0 Å². The van der Waals surface area contributed by atoms with Crippen LogP contribution >= 0.6 is 22.9 Å². The lowest BCUT2D eigenvalue weighted by molar-refractivity contribution is -0.136. The van der Waals surface area contributed by atoms with E-state index >= 15 is 0 Å². The van der Waals surface area contributed by atoms with E-state index in [2.05, 4.69) is 10.6 Å². The van der Waals surface area contributed by atoms with Gasteiger partial charge in [0, 0.05) is 17.3 Å². The molecule has 23 heavy (non-hydrogen) atoms. The third-order valence-electron chi connectivity index (χ3n) is 3.27. The van der Waals surface area contributed by atoms with Crippen molar-refractivity contribution in [1.29, 1.82) is 0 Å². The van der Waals surface area contributed by atoms with Crippen molar-refractivity contribution < 1.29 is 14.7 Å². The molecule has 7 heteroatoms. The number of thiophene rings is 1. The van der Waals surface area contributed by atoms with Gasteiger partial charge < -0.3 is 15.7 Å². The van der Waals surface area contributed by atoms with Gasteiger partial charge in [-0.3, -0.25) is 9.59 Å². The number of anilines is 1. The van der Waals surface area contributed by atoms with Crippen molar-refractivity contribution in [1.82, 2.24) is 5.32 Å². The molecule has 122 valence electrons. The van der Waals surface area contributed by atoms with Gasteiger partial charge in [0.05, 0.1) is 6.10 Å². The maximum atomic E-state index is 11.8. The predicted octanol–water partition coefficient (Wildman–Crippen LogP) is 2.89. The normalized spacial score (nSPS) is 11.8. The standard InChI is InChI=1S/C16H17ClN2O3S/c1-10-2-3-12(8-13(10)17)19-16(22)15(21)18-6-4-14(20)11-5-7-23-9-11/h2-3,5,7-9,14,20H,4,6H2,1H3,(H,18,21)(H,19,22). The highest BCUT2D eigenvalue weighted by molar-refractivity contribution is 7.07. The molecule has 0 radical (unpaired) electrons. The first-order chi connectivity index (χ1) is 11.0. The Labute approximate surface area is 143 Å². The number of aryl methyl sites for hydroxylation is 1. The first-order valence-electron chi connectivity index (χ1n) is 7.03. The number of carbonyl (C=O) groups is 2. The lowest BCUT2D eigenvalue weighted by atomic mass is 10.1. The van der Waals surface area contributed by atoms with Gasteiger partial charge in [-0.2, -0.15) is 11.3 Å². The number of halogens is 1. The minimum atomic E-state index is -0.769. The molecule has 5 nitrogen and oxygen atoms in total. The van der Waals surface area contributed by atoms with Crippen molar-refractivity contribution in [2.45, 2.75) is 19.4 Å². The Balaban J connectivity index is 1.78. The predicted molar refractivity (Wildman–Crippen MR) is 91.7 cm³/mol. The lowest BCUT2D eigenvalue weighted by Gasteiger charge is -2.10. The third kappa shape index (κ3) is 5.06. The van der Waals surface area contributed by atoms with Crippen LogP contribution in [-0.4, -0.2) is 23.5 Å². The highest BCUT2D eigenvalue weighted by atomic mass is 35.5. The molecule has 0 fully saturated rings. The fourth-order valence-electron chi connectivity index (χ4n) is 1.89. The maximum Gasteiger partial charge on any atom is 0.313 e. The number of benzene rings is 1. The van der Waals surface area contributed by atoms with Crippen LogP contribution in [0.1, 0.15) is 23.7 Å². The summed E-state index contributed by atoms with van der Waals surface area (Å²) in [4.78, 5) is 23.5. The zero-order chi connectivity index (χ0) is 16.8. The number of amides is 2. The van der Waals surface area contributed by atoms with Gasteiger partial charge in [-0.05, 0) is 53.4 Å². The summed E-state index contributed by atoms with van der Waals surface area (Å²) < 4.78 is 0. The van der Waals surface area contributed by atoms with Crippen LogP contribution in [0.3, 0.4) is 0 Å². The van der Waals surface area contributed by atoms with Crippen molar-refractivity contribution in [2.24, 2.45) is 0 Å². The average molecular weight is 353 g/mol. The Morgan fingerprint density at radius 3 is 2.74 bits per heavy atom. The summed E-state index contributed by atoms with van der Waals surface area (Å²) in [5.74, 6) is -1.52. The molecule has 2 aromatic rings. The van der Waals surface area contributed by atoms with E-state index in [1.807, 2.05) is 23.8 Å². The van der Waals surface area contributed by atoms with Crippen LogP contribution in [-0.2, 0) is 9.59 Å². The zero-order valence-electron chi connectivity index (χ0n) is 12.5. The largest absolute Gasteiger partial charge is 0.388 e. The van der Waals surface area contributed by atoms with E-state index in [0.717, 1.165) is 11.1 Å². The molecule has 1 aromatic carbocycles. The quantitative estimate of drug-likeness (QED) is 0.724. The Kier molecular flexibility index (Phi) is 6.15. The average Bonchev–Trinajstić information content (AvgIpc) is 3.05. The third-order valence-corrected chi connectivity index (χ3v) is 4.38. The minimum absolute atomic E-state index is 0.206. The molecule has 1 heterocycles. The maximum absolute atomic E-state index is 11.8. The Bertz CT molecular complexity index is 689. The first-order valence-corrected chi connectivity index (χ1v) is 8.35. The van der Waals surface area contributed by atoms with Crippen molar-refractivity contribution in [3.63, 3.8) is 0 Å². The van der Waals surface area contributed by atoms with Crippen molar-refractivity contribution in [2.75, 3.05) is 11.9 Å². The Morgan fingerprint density at radius 2 is 2.09 bits per heavy atom. The summed E-state index contributed by atoms with van der Waals surface area (Å²) in [6, 6.07) is 6.84. The number of hydrogen-bond acceptors (Lipinski definition) is 4. The van der Waals surface area contributed by atoms with Crippen LogP contribution in [0.4, 0.5) is 5.69 Å². The number of carbonyl (C=O) groups excluding carboxylic acids is 2. The molecule has 0 bridgehead atoms. The molecule has 0 aliphatic carbocycles. The number of aliphatic hydroxyl groups excluding tert-OH is 1. The van der Waals surface area contributed by atoms with E-state index in [-0.39, 0.29) is 6.54 Å². The molecule has 0 aliphatic heterocycles. The van der Waals surface area contributed by atoms with Gasteiger partial charge in [-0.25, -0.2) is 0 Å². The van der Waals surface area contributed by atoms with Crippen LogP contribution in [0.2, 0.25) is 5.02 Å². The molecule has 0 saturated heterocycles. The molecule has 0 aliphatic rings. The molecule has 1 atom stereocenters. The van der Waals surface area contributed by atoms with Gasteiger partial charge in [0.25, 0.3) is 0 Å². The van der Waals surface area contributed by atoms with Gasteiger partial charge >= 0.3 is 11.8 Å². The zero-order valence-corrected chi connectivity index (χ0v) is 14.1. The van der Waals surface area contributed by atoms with Crippen molar-refractivity contribution in [3.05, 3.63) is 51.2 Å². The topological polar surface area (TPSA) is 78.4 Å². The van der Waals surface area contributed by atoms with E-state index in [1.165, 1.54) is 11.3 Å². The summed E-state index contributed by atoms with van der Waals surface area (Å²) in [5.41, 5.74) is 2.15. The molecule has 2 rings (SSSR count). The molecule has 3 N–H and O–H groups in total. The second kappa shape index (κ2) is 8.10. The summed E-state index contributed by atoms with van der Waals surface area (Å²) in [5, 5.41) is 19.1. The Morgan fingerprint density at radius 1 is 1.30 bits per heavy atom. The molecule has 2 amide bonds. The van der Waals surface area contributed by atoms with E-state index in [4.69, 9.17) is 11.6 Å². The number of rotatable bonds is 5. The highest BCUT2D eigenvalue weighted by Crippen LogP contribution is 2.20. The van der Waals surface area contributed by atoms with Crippen LogP contribution in [0, 0.1) is 6.92 Å². The molecular formula is C16H17ClN2O3S. The fraction of sp³-hybridized carbons (Fsp3) is 0.250. The lowest BCUT2D eigenvalue weighted by Crippen LogP contribution is -2.36. The number of hydrogen-bond donors (Lipinski definition) is 3. The van der Waals surface area contributed by atoms with E-state index in [9.17, 15) is 14.7 Å². The van der Waals surface area contributed by atoms with E-state index in [0.29, 0.717) is 17.1 Å². The van der Waals surface area contributed by atoms with Gasteiger partial charge in [0.1, 0.15) is 0 Å². The summed E-state index contributed by atoms with van der Waals surface area (Å²) in [6.45, 7) is 2.05. The summed E-state index contributed by atoms with van der Waals surface area (Å²) >= 11 is 7.46. The van der Waals surface area contributed by atoms with Crippen LogP contribution < -0.4 is 10.6 Å². The number of aliphatic hydroxyl groups is 1. The van der Waals surface area contributed by atoms with Crippen LogP contribution in [0.25, 0.3) is 0 Å². The van der Waals surface area contributed by atoms with Crippen molar-refractivity contribution >= 4 is 40.4 Å². The van der Waals surface area contributed by atoms with Crippen molar-refractivity contribution in [3.8, 4) is 0 Å². The molecule has 1 aromatic heterocycles. The SMILES string of the molecule is Cc1ccc(NC(=O)C(=O)NCCC(O)c2ccsc2)cc1Cl. The second-order valence-electron chi connectivity index (χ2n) is 5.04. The van der Waals surface area contributed by atoms with Gasteiger partial charge in [-0.15, -0.1) is 0 Å². The van der Waals surface area contributed by atoms with Crippen LogP contribution in [0.15, 0.2) is 35.0 Å². The summed E-state index contributed by atoms with van der Waals surface area (Å²) in [6.07, 6.45) is -0.313. The first kappa shape index (κ1) is 17.5. The number of nitrogens with one attached hydrogen (secondary N) is 2. The fourth-order valence-corrected chi connectivity index (χ4v) is 2.78. The second-order valence-corrected chi connectivity index (χ2v) is 6.22. The highest BCUT2D eigenvalue weighted by Gasteiger charge is 2.15. The monoisotopic (exact) mass is 352 g/mol. The molecule has 1 unspecified atom stereocenters. The van der Waals surface area contributed by atoms with Crippen LogP contribution in [0.5, 0.6) is 0 Å². The molecule has 0 spiro atoms. The molecular weight excluding hydrogens is 336 g/mol. The smallest absolute Gasteiger partial charge is 0.313 e. The Hall–Kier alpha value is -1.89. The van der Waals surface area contributed by atoms with Gasteiger partial charge in [0.2, 0.25) is 0 Å². The van der Waals surface area contributed by atoms with E-state index in [1.54, 1.807) is 18.2 Å². The molecule has 0 saturated carbocycles. The minimum Gasteiger partial charge on any atom is -0.388 e. The summed E-state index contributed by atoms with van der Waals surface area (Å²) in [7, 11) is 0. The van der Waals surface area contributed by atoms with E-state index < -0.39 is 17.9 Å². The van der Waals surface area contributed by atoms with Gasteiger partial charge in [-0.1, -0.05) is 17.7 Å².